The highest BCUT2D eigenvalue weighted by Crippen LogP contribution is 2.28. The van der Waals surface area contributed by atoms with Gasteiger partial charge in [-0.2, -0.15) is 10.2 Å². The maximum Gasteiger partial charge on any atom is 0.233 e. The molecule has 7 heteroatoms. The fourth-order valence-electron chi connectivity index (χ4n) is 3.20. The van der Waals surface area contributed by atoms with E-state index >= 15 is 0 Å². The van der Waals surface area contributed by atoms with Crippen LogP contribution in [0.5, 0.6) is 0 Å². The van der Waals surface area contributed by atoms with Gasteiger partial charge in [0.15, 0.2) is 5.69 Å². The molecule has 1 fully saturated rings. The van der Waals surface area contributed by atoms with Crippen molar-refractivity contribution in [3.8, 4) is 17.5 Å². The fraction of sp³-hybridized carbons (Fsp3) is 0.238. The smallest absolute Gasteiger partial charge is 0.233 e. The van der Waals surface area contributed by atoms with E-state index in [0.717, 1.165) is 36.5 Å². The number of anilines is 1. The summed E-state index contributed by atoms with van der Waals surface area (Å²) in [6.45, 7) is 3.11. The van der Waals surface area contributed by atoms with Crippen LogP contribution < -0.4 is 4.90 Å². The van der Waals surface area contributed by atoms with Gasteiger partial charge in [0.2, 0.25) is 5.89 Å². The molecule has 3 aromatic rings. The number of benzene rings is 2. The lowest BCUT2D eigenvalue weighted by molar-refractivity contribution is 0.122. The summed E-state index contributed by atoms with van der Waals surface area (Å²) < 4.78 is 38.9. The molecule has 2 aromatic carbocycles. The van der Waals surface area contributed by atoms with Gasteiger partial charge in [-0.15, -0.1) is 0 Å². The molecule has 0 aliphatic carbocycles. The molecule has 0 spiro atoms. The minimum absolute atomic E-state index is 0.0231. The van der Waals surface area contributed by atoms with Crippen LogP contribution in [0, 0.1) is 23.0 Å². The van der Waals surface area contributed by atoms with Gasteiger partial charge in [0.1, 0.15) is 29.0 Å². The molecule has 0 bridgehead atoms. The van der Waals surface area contributed by atoms with Crippen LogP contribution in [0.1, 0.15) is 17.0 Å². The van der Waals surface area contributed by atoms with E-state index < -0.39 is 11.6 Å². The van der Waals surface area contributed by atoms with Gasteiger partial charge in [0.25, 0.3) is 0 Å². The van der Waals surface area contributed by atoms with Crippen molar-refractivity contribution in [2.75, 3.05) is 31.2 Å². The van der Waals surface area contributed by atoms with Gasteiger partial charge in [-0.05, 0) is 29.8 Å². The molecular weight excluding hydrogens is 364 g/mol. The first-order chi connectivity index (χ1) is 13.7. The number of hydrogen-bond donors (Lipinski definition) is 0. The Hall–Kier alpha value is -3.24. The van der Waals surface area contributed by atoms with E-state index in [1.807, 2.05) is 30.3 Å². The van der Waals surface area contributed by atoms with E-state index in [1.165, 1.54) is 6.07 Å². The van der Waals surface area contributed by atoms with Gasteiger partial charge in [0.05, 0.1) is 13.2 Å². The molecule has 0 amide bonds. The second-order valence-electron chi connectivity index (χ2n) is 6.44. The Kier molecular flexibility index (Phi) is 5.04. The SMILES string of the molecule is N#Cc1nc(-c2c(F)cccc2F)oc1Cc1ccc(N2CCOCC2)cc1. The third kappa shape index (κ3) is 3.59. The minimum atomic E-state index is -0.785. The summed E-state index contributed by atoms with van der Waals surface area (Å²) in [5.41, 5.74) is 1.66. The number of aromatic nitrogens is 1. The number of hydrogen-bond acceptors (Lipinski definition) is 5. The molecule has 28 heavy (non-hydrogen) atoms. The lowest BCUT2D eigenvalue weighted by atomic mass is 10.1. The number of morpholine rings is 1. The van der Waals surface area contributed by atoms with Crippen LogP contribution >= 0.6 is 0 Å². The molecule has 0 N–H and O–H groups in total. The number of ether oxygens (including phenoxy) is 1. The van der Waals surface area contributed by atoms with E-state index in [9.17, 15) is 14.0 Å². The second-order valence-corrected chi connectivity index (χ2v) is 6.44. The van der Waals surface area contributed by atoms with E-state index in [1.54, 1.807) is 0 Å². The zero-order valence-corrected chi connectivity index (χ0v) is 15.0. The van der Waals surface area contributed by atoms with Crippen molar-refractivity contribution in [2.45, 2.75) is 6.42 Å². The molecule has 1 saturated heterocycles. The summed E-state index contributed by atoms with van der Waals surface area (Å²) in [5, 5.41) is 9.33. The molecule has 0 atom stereocenters. The van der Waals surface area contributed by atoms with E-state index in [2.05, 4.69) is 9.88 Å². The zero-order chi connectivity index (χ0) is 19.5. The van der Waals surface area contributed by atoms with Crippen molar-refractivity contribution in [2.24, 2.45) is 0 Å². The molecule has 0 saturated carbocycles. The Bertz CT molecular complexity index is 999. The third-order valence-electron chi connectivity index (χ3n) is 4.66. The van der Waals surface area contributed by atoms with E-state index in [-0.39, 0.29) is 22.9 Å². The number of rotatable bonds is 4. The summed E-state index contributed by atoms with van der Waals surface area (Å²) in [4.78, 5) is 6.22. The average Bonchev–Trinajstić information content (AvgIpc) is 3.11. The van der Waals surface area contributed by atoms with Gasteiger partial charge in [-0.25, -0.2) is 8.78 Å². The summed E-state index contributed by atoms with van der Waals surface area (Å²) in [6, 6.07) is 13.3. The van der Waals surface area contributed by atoms with Gasteiger partial charge in [0, 0.05) is 25.2 Å². The summed E-state index contributed by atoms with van der Waals surface area (Å²) >= 11 is 0. The fourth-order valence-corrected chi connectivity index (χ4v) is 3.20. The number of nitrogens with zero attached hydrogens (tertiary/aromatic N) is 3. The molecule has 0 radical (unpaired) electrons. The number of halogens is 2. The van der Waals surface area contributed by atoms with Gasteiger partial charge >= 0.3 is 0 Å². The number of nitriles is 1. The van der Waals surface area contributed by atoms with Crippen molar-refractivity contribution in [1.82, 2.24) is 4.98 Å². The number of oxazole rings is 1. The molecule has 142 valence electrons. The van der Waals surface area contributed by atoms with E-state index in [4.69, 9.17) is 9.15 Å². The summed E-state index contributed by atoms with van der Waals surface area (Å²) in [5.74, 6) is -1.52. The maximum atomic E-state index is 14.0. The topological polar surface area (TPSA) is 62.3 Å². The molecular formula is C21H17F2N3O2. The van der Waals surface area contributed by atoms with Gasteiger partial charge in [-0.3, -0.25) is 0 Å². The lowest BCUT2D eigenvalue weighted by Gasteiger charge is -2.28. The highest BCUT2D eigenvalue weighted by Gasteiger charge is 2.21. The second kappa shape index (κ2) is 7.79. The largest absolute Gasteiger partial charge is 0.439 e. The quantitative estimate of drug-likeness (QED) is 0.686. The lowest BCUT2D eigenvalue weighted by Crippen LogP contribution is -2.36. The van der Waals surface area contributed by atoms with Gasteiger partial charge in [-0.1, -0.05) is 18.2 Å². The minimum Gasteiger partial charge on any atom is -0.439 e. The first kappa shape index (κ1) is 18.1. The molecule has 1 aliphatic rings. The maximum absolute atomic E-state index is 14.0. The molecule has 1 aromatic heterocycles. The van der Waals surface area contributed by atoms with Crippen molar-refractivity contribution >= 4 is 5.69 Å². The Morgan fingerprint density at radius 1 is 1.04 bits per heavy atom. The molecule has 0 unspecified atom stereocenters. The molecule has 1 aliphatic heterocycles. The van der Waals surface area contributed by atoms with Crippen LogP contribution in [-0.4, -0.2) is 31.3 Å². The highest BCUT2D eigenvalue weighted by molar-refractivity contribution is 5.57. The first-order valence-corrected chi connectivity index (χ1v) is 8.91. The predicted molar refractivity (Wildman–Crippen MR) is 98.9 cm³/mol. The van der Waals surface area contributed by atoms with Crippen molar-refractivity contribution in [3.05, 3.63) is 71.1 Å². The predicted octanol–water partition coefficient (Wildman–Crippen LogP) is 3.92. The monoisotopic (exact) mass is 381 g/mol. The van der Waals surface area contributed by atoms with Crippen molar-refractivity contribution in [1.29, 1.82) is 5.26 Å². The van der Waals surface area contributed by atoms with Crippen molar-refractivity contribution in [3.63, 3.8) is 0 Å². The van der Waals surface area contributed by atoms with Crippen LogP contribution in [-0.2, 0) is 11.2 Å². The van der Waals surface area contributed by atoms with Gasteiger partial charge < -0.3 is 14.1 Å². The highest BCUT2D eigenvalue weighted by atomic mass is 19.1. The van der Waals surface area contributed by atoms with Crippen LogP contribution in [0.4, 0.5) is 14.5 Å². The van der Waals surface area contributed by atoms with E-state index in [0.29, 0.717) is 19.6 Å². The normalized spacial score (nSPS) is 14.1. The Morgan fingerprint density at radius 3 is 2.36 bits per heavy atom. The Balaban J connectivity index is 1.58. The Morgan fingerprint density at radius 2 is 1.71 bits per heavy atom. The first-order valence-electron chi connectivity index (χ1n) is 8.91. The third-order valence-corrected chi connectivity index (χ3v) is 4.66. The van der Waals surface area contributed by atoms with Crippen LogP contribution in [0.15, 0.2) is 46.9 Å². The molecule has 5 nitrogen and oxygen atoms in total. The summed E-state index contributed by atoms with van der Waals surface area (Å²) in [7, 11) is 0. The average molecular weight is 381 g/mol. The molecule has 2 heterocycles. The van der Waals surface area contributed by atoms with Crippen molar-refractivity contribution < 1.29 is 17.9 Å². The van der Waals surface area contributed by atoms with Crippen LogP contribution in [0.3, 0.4) is 0 Å². The molecule has 4 rings (SSSR count). The summed E-state index contributed by atoms with van der Waals surface area (Å²) in [6.07, 6.45) is 0.301. The van der Waals surface area contributed by atoms with Crippen LogP contribution in [0.25, 0.3) is 11.5 Å². The Labute approximate surface area is 160 Å². The zero-order valence-electron chi connectivity index (χ0n) is 15.0. The standard InChI is InChI=1S/C21H17F2N3O2/c22-16-2-1-3-17(23)20(16)21-25-18(13-24)19(28-21)12-14-4-6-15(7-5-14)26-8-10-27-11-9-26/h1-7H,8-12H2. The van der Waals surface area contributed by atoms with Crippen LogP contribution in [0.2, 0.25) is 0 Å².